The number of nitrogens with two attached hydrogens (primary N) is 1. The zero-order valence-electron chi connectivity index (χ0n) is 10.4. The van der Waals surface area contributed by atoms with Crippen molar-refractivity contribution in [3.63, 3.8) is 0 Å². The summed E-state index contributed by atoms with van der Waals surface area (Å²) < 4.78 is 0. The molecule has 0 saturated heterocycles. The predicted molar refractivity (Wildman–Crippen MR) is 73.9 cm³/mol. The highest BCUT2D eigenvalue weighted by atomic mass is 32.1. The summed E-state index contributed by atoms with van der Waals surface area (Å²) in [5.74, 6) is -0.0484. The molecule has 1 amide bonds. The van der Waals surface area contributed by atoms with Gasteiger partial charge in [0.25, 0.3) is 5.91 Å². The third-order valence-electron chi connectivity index (χ3n) is 2.42. The van der Waals surface area contributed by atoms with Gasteiger partial charge in [-0.3, -0.25) is 4.79 Å². The van der Waals surface area contributed by atoms with Gasteiger partial charge >= 0.3 is 0 Å². The van der Waals surface area contributed by atoms with Gasteiger partial charge in [-0.05, 0) is 13.8 Å². The molecule has 0 aliphatic carbocycles. The number of amides is 1. The van der Waals surface area contributed by atoms with Crippen molar-refractivity contribution in [1.82, 2.24) is 14.9 Å². The van der Waals surface area contributed by atoms with Gasteiger partial charge in [0.2, 0.25) is 0 Å². The Kier molecular flexibility index (Phi) is 3.63. The lowest BCUT2D eigenvalue weighted by molar-refractivity contribution is 0.0790. The van der Waals surface area contributed by atoms with Gasteiger partial charge in [0.05, 0.1) is 17.2 Å². The topological polar surface area (TPSA) is 72.1 Å². The van der Waals surface area contributed by atoms with E-state index in [9.17, 15) is 4.79 Å². The van der Waals surface area contributed by atoms with E-state index < -0.39 is 0 Å². The third-order valence-corrected chi connectivity index (χ3v) is 4.29. The molecule has 0 saturated carbocycles. The molecule has 0 aromatic carbocycles. The molecular formula is C11H14N4OS2. The molecule has 0 radical (unpaired) electrons. The predicted octanol–water partition coefficient (Wildman–Crippen LogP) is 2.07. The van der Waals surface area contributed by atoms with Gasteiger partial charge in [-0.1, -0.05) is 11.3 Å². The number of rotatable bonds is 3. The summed E-state index contributed by atoms with van der Waals surface area (Å²) in [5.41, 5.74) is 6.29. The summed E-state index contributed by atoms with van der Waals surface area (Å²) in [4.78, 5) is 23.8. The lowest BCUT2D eigenvalue weighted by atomic mass is 10.3. The summed E-state index contributed by atoms with van der Waals surface area (Å²) >= 11 is 2.83. The van der Waals surface area contributed by atoms with Crippen LogP contribution in [0.4, 0.5) is 5.13 Å². The Morgan fingerprint density at radius 1 is 1.44 bits per heavy atom. The van der Waals surface area contributed by atoms with E-state index in [4.69, 9.17) is 5.73 Å². The minimum Gasteiger partial charge on any atom is -0.375 e. The second-order valence-electron chi connectivity index (χ2n) is 3.97. The molecule has 0 aliphatic rings. The van der Waals surface area contributed by atoms with Crippen LogP contribution in [0, 0.1) is 13.8 Å². The van der Waals surface area contributed by atoms with E-state index in [0.717, 1.165) is 9.88 Å². The quantitative estimate of drug-likeness (QED) is 0.935. The van der Waals surface area contributed by atoms with E-state index in [0.29, 0.717) is 22.2 Å². The van der Waals surface area contributed by atoms with Gasteiger partial charge in [-0.25, -0.2) is 9.97 Å². The van der Waals surface area contributed by atoms with Crippen molar-refractivity contribution < 1.29 is 4.79 Å². The van der Waals surface area contributed by atoms with Crippen LogP contribution in [0.5, 0.6) is 0 Å². The molecule has 5 nitrogen and oxygen atoms in total. The van der Waals surface area contributed by atoms with Crippen LogP contribution in [0.2, 0.25) is 0 Å². The molecule has 96 valence electrons. The fraction of sp³-hybridized carbons (Fsp3) is 0.364. The summed E-state index contributed by atoms with van der Waals surface area (Å²) in [6.45, 7) is 4.30. The van der Waals surface area contributed by atoms with Crippen LogP contribution < -0.4 is 5.73 Å². The Morgan fingerprint density at radius 2 is 2.17 bits per heavy atom. The Labute approximate surface area is 113 Å². The van der Waals surface area contributed by atoms with Crippen LogP contribution in [-0.2, 0) is 6.54 Å². The lowest BCUT2D eigenvalue weighted by Gasteiger charge is -2.14. The van der Waals surface area contributed by atoms with Crippen LogP contribution in [0.1, 0.15) is 25.3 Å². The largest absolute Gasteiger partial charge is 0.375 e. The molecule has 0 aliphatic heterocycles. The van der Waals surface area contributed by atoms with Crippen molar-refractivity contribution in [2.75, 3.05) is 12.8 Å². The molecule has 2 heterocycles. The molecule has 0 bridgehead atoms. The van der Waals surface area contributed by atoms with Crippen LogP contribution in [0.15, 0.2) is 6.20 Å². The van der Waals surface area contributed by atoms with Crippen molar-refractivity contribution in [2.45, 2.75) is 20.4 Å². The minimum absolute atomic E-state index is 0.0484. The van der Waals surface area contributed by atoms with Gasteiger partial charge in [0.1, 0.15) is 4.88 Å². The van der Waals surface area contributed by atoms with E-state index in [1.165, 1.54) is 11.3 Å². The Bertz CT molecular complexity index is 575. The monoisotopic (exact) mass is 282 g/mol. The first-order valence-electron chi connectivity index (χ1n) is 5.37. The Balaban J connectivity index is 2.11. The molecule has 2 aromatic rings. The molecule has 7 heteroatoms. The van der Waals surface area contributed by atoms with Crippen LogP contribution in [0.25, 0.3) is 0 Å². The Hall–Kier alpha value is -1.47. The SMILES string of the molecule is Cc1ncc(CN(C)C(=O)c2sc(N)nc2C)s1. The summed E-state index contributed by atoms with van der Waals surface area (Å²) in [5, 5.41) is 1.43. The van der Waals surface area contributed by atoms with Crippen molar-refractivity contribution >= 4 is 33.7 Å². The summed E-state index contributed by atoms with van der Waals surface area (Å²) in [6, 6.07) is 0. The molecule has 2 aromatic heterocycles. The van der Waals surface area contributed by atoms with Gasteiger partial charge < -0.3 is 10.6 Å². The zero-order chi connectivity index (χ0) is 13.3. The molecule has 0 fully saturated rings. The number of aromatic nitrogens is 2. The normalized spacial score (nSPS) is 10.6. The standard InChI is InChI=1S/C11H14N4OS2/c1-6-9(18-11(12)14-6)10(16)15(3)5-8-4-13-7(2)17-8/h4H,5H2,1-3H3,(H2,12,14). The second kappa shape index (κ2) is 5.03. The number of anilines is 1. The van der Waals surface area contributed by atoms with E-state index >= 15 is 0 Å². The van der Waals surface area contributed by atoms with Crippen molar-refractivity contribution in [2.24, 2.45) is 0 Å². The minimum atomic E-state index is -0.0484. The van der Waals surface area contributed by atoms with Gasteiger partial charge in [-0.15, -0.1) is 11.3 Å². The van der Waals surface area contributed by atoms with Crippen molar-refractivity contribution in [3.8, 4) is 0 Å². The van der Waals surface area contributed by atoms with E-state index in [1.54, 1.807) is 36.4 Å². The fourth-order valence-electron chi connectivity index (χ4n) is 1.57. The number of hydrogen-bond acceptors (Lipinski definition) is 6. The van der Waals surface area contributed by atoms with E-state index in [-0.39, 0.29) is 5.91 Å². The molecule has 18 heavy (non-hydrogen) atoms. The van der Waals surface area contributed by atoms with E-state index in [1.807, 2.05) is 6.92 Å². The first-order chi connectivity index (χ1) is 8.47. The molecule has 2 rings (SSSR count). The van der Waals surface area contributed by atoms with Crippen molar-refractivity contribution in [3.05, 3.63) is 26.7 Å². The maximum absolute atomic E-state index is 12.2. The first kappa shape index (κ1) is 13.0. The summed E-state index contributed by atoms with van der Waals surface area (Å²) in [6.07, 6.45) is 1.80. The number of aryl methyl sites for hydroxylation is 2. The zero-order valence-corrected chi connectivity index (χ0v) is 12.1. The second-order valence-corrected chi connectivity index (χ2v) is 6.32. The van der Waals surface area contributed by atoms with Gasteiger partial charge in [0.15, 0.2) is 5.13 Å². The maximum Gasteiger partial charge on any atom is 0.265 e. The van der Waals surface area contributed by atoms with Crippen LogP contribution in [0.3, 0.4) is 0 Å². The number of hydrogen-bond donors (Lipinski definition) is 1. The number of nitrogens with zero attached hydrogens (tertiary/aromatic N) is 3. The first-order valence-corrected chi connectivity index (χ1v) is 7.00. The average molecular weight is 282 g/mol. The van der Waals surface area contributed by atoms with E-state index in [2.05, 4.69) is 9.97 Å². The number of nitrogen functional groups attached to an aromatic ring is 1. The van der Waals surface area contributed by atoms with Crippen LogP contribution in [-0.4, -0.2) is 27.8 Å². The highest BCUT2D eigenvalue weighted by Crippen LogP contribution is 2.22. The molecule has 2 N–H and O–H groups in total. The smallest absolute Gasteiger partial charge is 0.265 e. The highest BCUT2D eigenvalue weighted by molar-refractivity contribution is 7.17. The molecular weight excluding hydrogens is 268 g/mol. The third kappa shape index (κ3) is 2.68. The number of thiazole rings is 2. The maximum atomic E-state index is 12.2. The number of carbonyl (C=O) groups excluding carboxylic acids is 1. The molecule has 0 spiro atoms. The lowest BCUT2D eigenvalue weighted by Crippen LogP contribution is -2.25. The van der Waals surface area contributed by atoms with Gasteiger partial charge in [0, 0.05) is 18.1 Å². The fourth-order valence-corrected chi connectivity index (χ4v) is 3.25. The number of carbonyl (C=O) groups is 1. The van der Waals surface area contributed by atoms with Crippen LogP contribution >= 0.6 is 22.7 Å². The summed E-state index contributed by atoms with van der Waals surface area (Å²) in [7, 11) is 1.77. The van der Waals surface area contributed by atoms with Gasteiger partial charge in [-0.2, -0.15) is 0 Å². The molecule has 0 unspecified atom stereocenters. The Morgan fingerprint density at radius 3 is 2.67 bits per heavy atom. The average Bonchev–Trinajstić information content (AvgIpc) is 2.84. The van der Waals surface area contributed by atoms with Crippen molar-refractivity contribution in [1.29, 1.82) is 0 Å². The highest BCUT2D eigenvalue weighted by Gasteiger charge is 2.18. The molecule has 0 atom stereocenters.